The van der Waals surface area contributed by atoms with E-state index >= 15 is 0 Å². The van der Waals surface area contributed by atoms with Crippen molar-refractivity contribution in [2.45, 2.75) is 18.6 Å². The third kappa shape index (κ3) is 1.05. The van der Waals surface area contributed by atoms with Gasteiger partial charge < -0.3 is 4.74 Å². The molecule has 0 N–H and O–H groups in total. The average molecular weight is 184 g/mol. The second-order valence-corrected chi connectivity index (χ2v) is 2.00. The van der Waals surface area contributed by atoms with Crippen molar-refractivity contribution in [1.82, 2.24) is 0 Å². The van der Waals surface area contributed by atoms with E-state index in [9.17, 15) is 0 Å². The molecule has 2 bridgehead atoms. The van der Waals surface area contributed by atoms with Crippen molar-refractivity contribution in [3.05, 3.63) is 18.6 Å². The van der Waals surface area contributed by atoms with Crippen LogP contribution in [0.2, 0.25) is 0 Å². The molecule has 2 aliphatic heterocycles. The Morgan fingerprint density at radius 3 is 2.50 bits per heavy atom. The molecule has 2 rings (SSSR count). The molecule has 8 heavy (non-hydrogen) atoms. The van der Waals surface area contributed by atoms with Gasteiger partial charge in [0, 0.05) is 38.8 Å². The molecule has 0 amide bonds. The normalized spacial score (nSPS) is 40.0. The standard InChI is InChI=1S/C6H7O.Y/c1-2-6-4-3-5(1)7-6;/h1-3,5-6H,4H2;/q-1;. The zero-order valence-electron chi connectivity index (χ0n) is 4.58. The summed E-state index contributed by atoms with van der Waals surface area (Å²) in [5.41, 5.74) is 0. The van der Waals surface area contributed by atoms with Crippen molar-refractivity contribution in [3.63, 3.8) is 0 Å². The van der Waals surface area contributed by atoms with E-state index in [0.29, 0.717) is 12.2 Å². The van der Waals surface area contributed by atoms with Crippen molar-refractivity contribution in [2.75, 3.05) is 0 Å². The third-order valence-electron chi connectivity index (χ3n) is 1.45. The van der Waals surface area contributed by atoms with Gasteiger partial charge in [0.1, 0.15) is 0 Å². The van der Waals surface area contributed by atoms with Crippen LogP contribution in [0.5, 0.6) is 0 Å². The molecule has 0 aromatic heterocycles. The Morgan fingerprint density at radius 2 is 2.38 bits per heavy atom. The summed E-state index contributed by atoms with van der Waals surface area (Å²) in [6.07, 6.45) is 8.36. The van der Waals surface area contributed by atoms with E-state index in [2.05, 4.69) is 18.6 Å². The van der Waals surface area contributed by atoms with E-state index in [0.717, 1.165) is 6.42 Å². The van der Waals surface area contributed by atoms with Gasteiger partial charge in [0.25, 0.3) is 0 Å². The summed E-state index contributed by atoms with van der Waals surface area (Å²) >= 11 is 0. The first-order valence-corrected chi connectivity index (χ1v) is 2.62. The van der Waals surface area contributed by atoms with Crippen LogP contribution in [0.1, 0.15) is 6.42 Å². The zero-order chi connectivity index (χ0) is 4.69. The van der Waals surface area contributed by atoms with Crippen LogP contribution in [0.4, 0.5) is 0 Å². The summed E-state index contributed by atoms with van der Waals surface area (Å²) in [6, 6.07) is 0. The molecule has 41 valence electrons. The van der Waals surface area contributed by atoms with Crippen molar-refractivity contribution < 1.29 is 37.4 Å². The number of fused-ring (bicyclic) bond motifs is 2. The van der Waals surface area contributed by atoms with E-state index in [1.807, 2.05) is 0 Å². The van der Waals surface area contributed by atoms with Crippen LogP contribution in [0.3, 0.4) is 0 Å². The average Bonchev–Trinajstić information content (AvgIpc) is 2.22. The summed E-state index contributed by atoms with van der Waals surface area (Å²) in [5, 5.41) is 0. The molecular weight excluding hydrogens is 177 g/mol. The number of ether oxygens (including phenoxy) is 1. The Morgan fingerprint density at radius 1 is 1.50 bits per heavy atom. The molecule has 2 aliphatic rings. The van der Waals surface area contributed by atoms with Gasteiger partial charge in [-0.3, -0.25) is 6.42 Å². The van der Waals surface area contributed by atoms with Crippen LogP contribution in [0.25, 0.3) is 0 Å². The fraction of sp³-hybridized carbons (Fsp3) is 0.500. The van der Waals surface area contributed by atoms with Gasteiger partial charge >= 0.3 is 0 Å². The van der Waals surface area contributed by atoms with Crippen LogP contribution < -0.4 is 0 Å². The Hall–Kier alpha value is 0.804. The maximum absolute atomic E-state index is 5.31. The Bertz CT molecular complexity index is 99.1. The van der Waals surface area contributed by atoms with E-state index in [1.165, 1.54) is 0 Å². The first-order valence-electron chi connectivity index (χ1n) is 2.62. The summed E-state index contributed by atoms with van der Waals surface area (Å²) in [6.45, 7) is 0. The maximum Gasteiger partial charge on any atom is 0.0460 e. The second kappa shape index (κ2) is 2.59. The molecule has 0 spiro atoms. The minimum atomic E-state index is 0. The summed E-state index contributed by atoms with van der Waals surface area (Å²) < 4.78 is 5.31. The Labute approximate surface area is 74.4 Å². The molecule has 0 aromatic carbocycles. The first-order chi connectivity index (χ1) is 3.45. The fourth-order valence-electron chi connectivity index (χ4n) is 1.06. The van der Waals surface area contributed by atoms with Crippen LogP contribution in [0.15, 0.2) is 12.2 Å². The van der Waals surface area contributed by atoms with Gasteiger partial charge in [0.2, 0.25) is 0 Å². The molecule has 0 aromatic rings. The predicted molar refractivity (Wildman–Crippen MR) is 26.7 cm³/mol. The number of rotatable bonds is 0. The van der Waals surface area contributed by atoms with Crippen LogP contribution in [-0.4, -0.2) is 12.2 Å². The summed E-state index contributed by atoms with van der Waals surface area (Å²) in [5.74, 6) is 0. The molecule has 2 atom stereocenters. The fourth-order valence-corrected chi connectivity index (χ4v) is 1.06. The van der Waals surface area contributed by atoms with Crippen LogP contribution >= 0.6 is 0 Å². The monoisotopic (exact) mass is 184 g/mol. The molecular formula is C6H7OY-. The zero-order valence-corrected chi connectivity index (χ0v) is 7.42. The molecule has 2 unspecified atom stereocenters. The molecule has 0 saturated carbocycles. The van der Waals surface area contributed by atoms with Crippen molar-refractivity contribution in [1.29, 1.82) is 0 Å². The van der Waals surface area contributed by atoms with Gasteiger partial charge in [0.15, 0.2) is 0 Å². The predicted octanol–water partition coefficient (Wildman–Crippen LogP) is 0.915. The van der Waals surface area contributed by atoms with E-state index in [1.54, 1.807) is 0 Å². The number of hydrogen-bond donors (Lipinski definition) is 0. The van der Waals surface area contributed by atoms with Gasteiger partial charge in [-0.1, -0.05) is 12.2 Å². The third-order valence-corrected chi connectivity index (χ3v) is 1.45. The van der Waals surface area contributed by atoms with Crippen molar-refractivity contribution >= 4 is 0 Å². The Kier molecular flexibility index (Phi) is 2.24. The second-order valence-electron chi connectivity index (χ2n) is 2.00. The van der Waals surface area contributed by atoms with E-state index < -0.39 is 0 Å². The minimum Gasteiger partial charge on any atom is -0.402 e. The topological polar surface area (TPSA) is 9.23 Å². The van der Waals surface area contributed by atoms with Crippen LogP contribution in [-0.2, 0) is 37.4 Å². The molecule has 2 heteroatoms. The van der Waals surface area contributed by atoms with Crippen molar-refractivity contribution in [3.8, 4) is 0 Å². The first kappa shape index (κ1) is 6.92. The van der Waals surface area contributed by atoms with Gasteiger partial charge in [-0.25, -0.2) is 0 Å². The van der Waals surface area contributed by atoms with E-state index in [4.69, 9.17) is 4.74 Å². The maximum atomic E-state index is 5.31. The quantitative estimate of drug-likeness (QED) is 0.401. The van der Waals surface area contributed by atoms with Gasteiger partial charge in [-0.05, 0) is 6.10 Å². The smallest absolute Gasteiger partial charge is 0.0460 e. The Balaban J connectivity index is 0.000000320. The summed E-state index contributed by atoms with van der Waals surface area (Å²) in [7, 11) is 0. The van der Waals surface area contributed by atoms with Crippen molar-refractivity contribution in [2.24, 2.45) is 0 Å². The molecule has 1 fully saturated rings. The van der Waals surface area contributed by atoms with Gasteiger partial charge in [-0.15, -0.1) is 6.42 Å². The molecule has 1 nitrogen and oxygen atoms in total. The SMILES string of the molecule is C1=CC2C[CH-]C1O2.[Y]. The van der Waals surface area contributed by atoms with Gasteiger partial charge in [-0.2, -0.15) is 0 Å². The van der Waals surface area contributed by atoms with Crippen LogP contribution in [0, 0.1) is 6.42 Å². The van der Waals surface area contributed by atoms with Gasteiger partial charge in [0.05, 0.1) is 0 Å². The molecule has 1 saturated heterocycles. The molecule has 1 radical (unpaired) electrons. The molecule has 0 aliphatic carbocycles. The minimum absolute atomic E-state index is 0. The number of hydrogen-bond acceptors (Lipinski definition) is 1. The summed E-state index contributed by atoms with van der Waals surface area (Å²) in [4.78, 5) is 0. The molecule has 2 heterocycles. The largest absolute Gasteiger partial charge is 0.402 e. The van der Waals surface area contributed by atoms with E-state index in [-0.39, 0.29) is 32.7 Å².